The van der Waals surface area contributed by atoms with Crippen LogP contribution in [0.25, 0.3) is 0 Å². The second kappa shape index (κ2) is 4.95. The van der Waals surface area contributed by atoms with Crippen LogP contribution in [0.2, 0.25) is 0 Å². The highest BCUT2D eigenvalue weighted by Crippen LogP contribution is 2.29. The second-order valence-corrected chi connectivity index (χ2v) is 2.91. The van der Waals surface area contributed by atoms with Gasteiger partial charge in [-0.15, -0.1) is 13.2 Å². The van der Waals surface area contributed by atoms with Crippen LogP contribution < -0.4 is 4.74 Å². The molecule has 0 fully saturated rings. The van der Waals surface area contributed by atoms with Crippen molar-refractivity contribution >= 4 is 0 Å². The van der Waals surface area contributed by atoms with E-state index < -0.39 is 42.4 Å². The van der Waals surface area contributed by atoms with Gasteiger partial charge in [-0.05, 0) is 6.07 Å². The average molecular weight is 252 g/mol. The molecule has 8 heteroatoms. The number of hydrogen-bond acceptors (Lipinski definition) is 3. The Morgan fingerprint density at radius 3 is 2.53 bits per heavy atom. The molecule has 1 aromatic rings. The Morgan fingerprint density at radius 1 is 1.41 bits per heavy atom. The number of nitrogens with zero attached hydrogens (tertiary/aromatic N) is 2. The Bertz CT molecular complexity index is 452. The monoisotopic (exact) mass is 252 g/mol. The van der Waals surface area contributed by atoms with Crippen molar-refractivity contribution < 1.29 is 26.7 Å². The number of halogens is 5. The van der Waals surface area contributed by atoms with Crippen molar-refractivity contribution in [2.45, 2.75) is 19.5 Å². The maximum absolute atomic E-state index is 13.1. The average Bonchev–Trinajstić information content (AvgIpc) is 2.21. The van der Waals surface area contributed by atoms with E-state index in [-0.39, 0.29) is 0 Å². The van der Waals surface area contributed by atoms with Crippen LogP contribution in [0.15, 0.2) is 6.07 Å². The minimum absolute atomic E-state index is 0.398. The first-order valence-electron chi connectivity index (χ1n) is 4.24. The number of alkyl halides is 4. The molecule has 3 nitrogen and oxygen atoms in total. The van der Waals surface area contributed by atoms with Gasteiger partial charge in [0.1, 0.15) is 6.67 Å². The smallest absolute Gasteiger partial charge is 0.401 e. The van der Waals surface area contributed by atoms with Crippen molar-refractivity contribution in [3.05, 3.63) is 23.3 Å². The number of nitriles is 1. The van der Waals surface area contributed by atoms with Crippen LogP contribution >= 0.6 is 0 Å². The van der Waals surface area contributed by atoms with Crippen LogP contribution in [0.4, 0.5) is 22.0 Å². The van der Waals surface area contributed by atoms with Gasteiger partial charge in [-0.2, -0.15) is 9.65 Å². The summed E-state index contributed by atoms with van der Waals surface area (Å²) in [4.78, 5) is 2.94. The summed E-state index contributed by atoms with van der Waals surface area (Å²) in [5.41, 5.74) is -0.799. The second-order valence-electron chi connectivity index (χ2n) is 2.91. The molecule has 0 N–H and O–H groups in total. The summed E-state index contributed by atoms with van der Waals surface area (Å²) >= 11 is 0. The van der Waals surface area contributed by atoms with Crippen LogP contribution in [-0.2, 0) is 13.1 Å². The first-order valence-corrected chi connectivity index (χ1v) is 4.24. The lowest BCUT2D eigenvalue weighted by Gasteiger charge is -2.12. The van der Waals surface area contributed by atoms with Crippen molar-refractivity contribution in [2.75, 3.05) is 0 Å². The summed E-state index contributed by atoms with van der Waals surface area (Å²) in [5.74, 6) is -2.79. The van der Waals surface area contributed by atoms with E-state index >= 15 is 0 Å². The van der Waals surface area contributed by atoms with Crippen molar-refractivity contribution in [1.29, 1.82) is 5.26 Å². The molecular weight excluding hydrogens is 247 g/mol. The molecule has 17 heavy (non-hydrogen) atoms. The predicted molar refractivity (Wildman–Crippen MR) is 45.0 cm³/mol. The van der Waals surface area contributed by atoms with E-state index in [9.17, 15) is 22.0 Å². The molecule has 92 valence electrons. The molecule has 0 aromatic carbocycles. The molecule has 1 rings (SSSR count). The molecule has 0 aliphatic rings. The molecule has 0 aliphatic carbocycles. The minimum atomic E-state index is -5.11. The van der Waals surface area contributed by atoms with Crippen LogP contribution in [0.3, 0.4) is 0 Å². The Labute approximate surface area is 92.4 Å². The van der Waals surface area contributed by atoms with Gasteiger partial charge in [0.05, 0.1) is 18.2 Å². The van der Waals surface area contributed by atoms with Gasteiger partial charge in [-0.25, -0.2) is 9.37 Å². The maximum atomic E-state index is 13.1. The highest BCUT2D eigenvalue weighted by atomic mass is 19.4. The molecule has 0 saturated carbocycles. The van der Waals surface area contributed by atoms with E-state index in [0.29, 0.717) is 0 Å². The first-order chi connectivity index (χ1) is 7.87. The summed E-state index contributed by atoms with van der Waals surface area (Å²) in [6, 6.07) is 2.38. The molecular formula is C9H5F5N2O. The molecule has 0 radical (unpaired) electrons. The van der Waals surface area contributed by atoms with Crippen LogP contribution in [0.5, 0.6) is 5.75 Å². The third kappa shape index (κ3) is 3.55. The van der Waals surface area contributed by atoms with Gasteiger partial charge >= 0.3 is 6.36 Å². The van der Waals surface area contributed by atoms with E-state index in [0.717, 1.165) is 6.07 Å². The van der Waals surface area contributed by atoms with Crippen molar-refractivity contribution in [2.24, 2.45) is 0 Å². The van der Waals surface area contributed by atoms with Crippen molar-refractivity contribution in [1.82, 2.24) is 4.98 Å². The van der Waals surface area contributed by atoms with Gasteiger partial charge < -0.3 is 4.74 Å². The molecule has 0 unspecified atom stereocenters. The summed E-state index contributed by atoms with van der Waals surface area (Å²) in [6.07, 6.45) is -5.65. The summed E-state index contributed by atoms with van der Waals surface area (Å²) in [7, 11) is 0. The fourth-order valence-electron chi connectivity index (χ4n) is 1.12. The third-order valence-electron chi connectivity index (χ3n) is 1.69. The Hall–Kier alpha value is -1.91. The number of hydrogen-bond donors (Lipinski definition) is 0. The molecule has 0 aliphatic heterocycles. The lowest BCUT2D eigenvalue weighted by Crippen LogP contribution is -2.19. The Morgan fingerprint density at radius 2 is 2.06 bits per heavy atom. The zero-order valence-corrected chi connectivity index (χ0v) is 8.18. The van der Waals surface area contributed by atoms with Gasteiger partial charge in [-0.3, -0.25) is 0 Å². The predicted octanol–water partition coefficient (Wildman–Crippen LogP) is 2.65. The normalized spacial score (nSPS) is 11.1. The minimum Gasteiger partial charge on any atom is -0.401 e. The Balaban J connectivity index is 3.22. The highest BCUT2D eigenvalue weighted by Gasteiger charge is 2.34. The number of rotatable bonds is 3. The largest absolute Gasteiger partial charge is 0.573 e. The fourth-order valence-corrected chi connectivity index (χ4v) is 1.12. The molecule has 0 bridgehead atoms. The topological polar surface area (TPSA) is 45.9 Å². The summed E-state index contributed by atoms with van der Waals surface area (Å²) < 4.78 is 64.6. The van der Waals surface area contributed by atoms with E-state index in [1.54, 1.807) is 0 Å². The number of pyridine rings is 1. The SMILES string of the molecule is N#CCc1cc(CF)nc(F)c1OC(F)(F)F. The summed E-state index contributed by atoms with van der Waals surface area (Å²) in [6.45, 7) is -1.15. The molecule has 1 heterocycles. The van der Waals surface area contributed by atoms with Crippen LogP contribution in [-0.4, -0.2) is 11.3 Å². The van der Waals surface area contributed by atoms with Crippen LogP contribution in [0, 0.1) is 17.3 Å². The molecule has 0 amide bonds. The van der Waals surface area contributed by atoms with E-state index in [1.807, 2.05) is 0 Å². The molecule has 1 aromatic heterocycles. The van der Waals surface area contributed by atoms with Crippen molar-refractivity contribution in [3.63, 3.8) is 0 Å². The lowest BCUT2D eigenvalue weighted by molar-refractivity contribution is -0.276. The van der Waals surface area contributed by atoms with Gasteiger partial charge in [0, 0.05) is 5.56 Å². The fraction of sp³-hybridized carbons (Fsp3) is 0.333. The molecule has 0 spiro atoms. The summed E-state index contributed by atoms with van der Waals surface area (Å²) in [5, 5.41) is 8.37. The van der Waals surface area contributed by atoms with Gasteiger partial charge in [0.15, 0.2) is 5.75 Å². The molecule has 0 atom stereocenters. The maximum Gasteiger partial charge on any atom is 0.573 e. The standard InChI is InChI=1S/C9H5F5N2O/c10-4-6-3-5(1-2-15)7(8(11)16-6)17-9(12,13)14/h3H,1,4H2. The van der Waals surface area contributed by atoms with Gasteiger partial charge in [-0.1, -0.05) is 0 Å². The first kappa shape index (κ1) is 13.2. The van der Waals surface area contributed by atoms with Gasteiger partial charge in [0.25, 0.3) is 5.95 Å². The van der Waals surface area contributed by atoms with Gasteiger partial charge in [0.2, 0.25) is 0 Å². The lowest BCUT2D eigenvalue weighted by atomic mass is 10.1. The van der Waals surface area contributed by atoms with E-state index in [2.05, 4.69) is 9.72 Å². The number of ether oxygens (including phenoxy) is 1. The Kier molecular flexibility index (Phi) is 3.83. The highest BCUT2D eigenvalue weighted by molar-refractivity contribution is 5.36. The van der Waals surface area contributed by atoms with E-state index in [4.69, 9.17) is 5.26 Å². The zero-order chi connectivity index (χ0) is 13.1. The zero-order valence-electron chi connectivity index (χ0n) is 8.18. The quantitative estimate of drug-likeness (QED) is 0.613. The van der Waals surface area contributed by atoms with Crippen molar-refractivity contribution in [3.8, 4) is 11.8 Å². The third-order valence-corrected chi connectivity index (χ3v) is 1.69. The van der Waals surface area contributed by atoms with Crippen LogP contribution in [0.1, 0.15) is 11.3 Å². The number of aromatic nitrogens is 1. The molecule has 0 saturated heterocycles. The van der Waals surface area contributed by atoms with E-state index in [1.165, 1.54) is 6.07 Å².